The summed E-state index contributed by atoms with van der Waals surface area (Å²) in [6.45, 7) is 0. The van der Waals surface area contributed by atoms with E-state index in [9.17, 15) is 17.6 Å². The lowest BCUT2D eigenvalue weighted by Crippen LogP contribution is -2.28. The van der Waals surface area contributed by atoms with Gasteiger partial charge in [-0.15, -0.1) is 0 Å². The summed E-state index contributed by atoms with van der Waals surface area (Å²) in [5.41, 5.74) is -0.413. The fourth-order valence-corrected chi connectivity index (χ4v) is 2.82. The molecule has 0 fully saturated rings. The second-order valence-corrected chi connectivity index (χ2v) is 5.78. The van der Waals surface area contributed by atoms with Crippen molar-refractivity contribution in [1.82, 2.24) is 10.2 Å². The molecule has 0 amide bonds. The third-order valence-electron chi connectivity index (χ3n) is 2.63. The Kier molecular flexibility index (Phi) is 3.45. The van der Waals surface area contributed by atoms with Gasteiger partial charge in [-0.05, 0) is 18.2 Å². The van der Waals surface area contributed by atoms with Crippen LogP contribution in [0.1, 0.15) is 10.4 Å². The molecule has 0 aliphatic rings. The second kappa shape index (κ2) is 4.93. The van der Waals surface area contributed by atoms with Crippen LogP contribution in [0.3, 0.4) is 0 Å². The average Bonchev–Trinajstić information content (AvgIpc) is 2.87. The molecule has 1 heterocycles. The summed E-state index contributed by atoms with van der Waals surface area (Å²) >= 11 is 0. The maximum atomic E-state index is 13.1. The molecule has 0 aliphatic heterocycles. The molecular weight excluding hydrogens is 289 g/mol. The van der Waals surface area contributed by atoms with Crippen LogP contribution in [0.2, 0.25) is 0 Å². The molecule has 0 saturated carbocycles. The summed E-state index contributed by atoms with van der Waals surface area (Å²) in [4.78, 5) is 10.9. The molecule has 20 heavy (non-hydrogen) atoms. The molecule has 9 heteroatoms. The van der Waals surface area contributed by atoms with Crippen molar-refractivity contribution in [1.29, 1.82) is 0 Å². The van der Waals surface area contributed by atoms with Crippen molar-refractivity contribution < 1.29 is 22.7 Å². The van der Waals surface area contributed by atoms with Gasteiger partial charge in [-0.2, -0.15) is 13.5 Å². The van der Waals surface area contributed by atoms with E-state index < -0.39 is 32.4 Å². The first kappa shape index (κ1) is 14.0. The number of aromatic carboxylic acids is 1. The van der Waals surface area contributed by atoms with E-state index in [1.165, 1.54) is 25.2 Å². The Balaban J connectivity index is 2.50. The number of rotatable bonds is 4. The van der Waals surface area contributed by atoms with Crippen molar-refractivity contribution in [2.75, 3.05) is 11.4 Å². The van der Waals surface area contributed by atoms with Crippen LogP contribution in [-0.2, 0) is 10.0 Å². The molecule has 1 aromatic heterocycles. The Bertz CT molecular complexity index is 757. The zero-order valence-electron chi connectivity index (χ0n) is 10.2. The molecule has 2 aromatic rings. The number of carboxylic acids is 1. The normalized spacial score (nSPS) is 11.3. The Morgan fingerprint density at radius 1 is 1.45 bits per heavy atom. The SMILES string of the molecule is CN(c1cccc(F)c1)S(=O)(=O)c1[nH]ncc1C(=O)O. The number of nitrogens with zero attached hydrogens (tertiary/aromatic N) is 2. The van der Waals surface area contributed by atoms with Gasteiger partial charge in [-0.3, -0.25) is 9.40 Å². The predicted octanol–water partition coefficient (Wildman–Crippen LogP) is 1.07. The summed E-state index contributed by atoms with van der Waals surface area (Å²) in [5, 5.41) is 13.9. The van der Waals surface area contributed by atoms with Crippen LogP contribution in [0.4, 0.5) is 10.1 Å². The van der Waals surface area contributed by atoms with E-state index in [1.54, 1.807) is 0 Å². The van der Waals surface area contributed by atoms with E-state index in [2.05, 4.69) is 10.2 Å². The number of anilines is 1. The van der Waals surface area contributed by atoms with E-state index in [0.29, 0.717) is 0 Å². The third-order valence-corrected chi connectivity index (χ3v) is 4.38. The number of carboxylic acid groups (broad SMARTS) is 1. The van der Waals surface area contributed by atoms with Crippen LogP contribution in [0.15, 0.2) is 35.5 Å². The number of sulfonamides is 1. The Morgan fingerprint density at radius 2 is 2.15 bits per heavy atom. The van der Waals surface area contributed by atoms with Crippen molar-refractivity contribution in [2.45, 2.75) is 5.03 Å². The zero-order chi connectivity index (χ0) is 14.9. The summed E-state index contributed by atoms with van der Waals surface area (Å²) in [6.07, 6.45) is 0.897. The van der Waals surface area contributed by atoms with Gasteiger partial charge in [0, 0.05) is 7.05 Å². The van der Waals surface area contributed by atoms with Gasteiger partial charge < -0.3 is 5.11 Å². The highest BCUT2D eigenvalue weighted by Crippen LogP contribution is 2.23. The molecule has 106 valence electrons. The maximum absolute atomic E-state index is 13.1. The first-order chi connectivity index (χ1) is 9.34. The quantitative estimate of drug-likeness (QED) is 0.879. The Hall–Kier alpha value is -2.42. The molecule has 0 spiro atoms. The number of hydrogen-bond donors (Lipinski definition) is 2. The van der Waals surface area contributed by atoms with Crippen molar-refractivity contribution in [3.63, 3.8) is 0 Å². The highest BCUT2D eigenvalue weighted by Gasteiger charge is 2.29. The molecule has 0 bridgehead atoms. The number of halogens is 1. The van der Waals surface area contributed by atoms with Crippen LogP contribution >= 0.6 is 0 Å². The molecule has 1 aromatic carbocycles. The molecule has 7 nitrogen and oxygen atoms in total. The van der Waals surface area contributed by atoms with Gasteiger partial charge in [0.2, 0.25) is 0 Å². The van der Waals surface area contributed by atoms with Crippen LogP contribution in [0.5, 0.6) is 0 Å². The van der Waals surface area contributed by atoms with Gasteiger partial charge in [0.15, 0.2) is 5.03 Å². The van der Waals surface area contributed by atoms with Gasteiger partial charge in [0.1, 0.15) is 11.4 Å². The lowest BCUT2D eigenvalue weighted by atomic mass is 10.3. The third kappa shape index (κ3) is 2.35. The summed E-state index contributed by atoms with van der Waals surface area (Å²) in [5.74, 6) is -2.03. The fraction of sp³-hybridized carbons (Fsp3) is 0.0909. The molecule has 0 aliphatic carbocycles. The zero-order valence-corrected chi connectivity index (χ0v) is 11.1. The van der Waals surface area contributed by atoms with Gasteiger partial charge >= 0.3 is 5.97 Å². The molecule has 0 unspecified atom stereocenters. The fourth-order valence-electron chi connectivity index (χ4n) is 1.57. The van der Waals surface area contributed by atoms with E-state index in [1.807, 2.05) is 0 Å². The predicted molar refractivity (Wildman–Crippen MR) is 67.5 cm³/mol. The number of benzene rings is 1. The Labute approximate surface area is 113 Å². The minimum atomic E-state index is -4.17. The molecule has 2 N–H and O–H groups in total. The molecule has 2 rings (SSSR count). The molecular formula is C11H10FN3O4S. The lowest BCUT2D eigenvalue weighted by molar-refractivity contribution is 0.0692. The van der Waals surface area contributed by atoms with E-state index in [0.717, 1.165) is 16.6 Å². The van der Waals surface area contributed by atoms with E-state index in [4.69, 9.17) is 5.11 Å². The van der Waals surface area contributed by atoms with E-state index >= 15 is 0 Å². The lowest BCUT2D eigenvalue weighted by Gasteiger charge is -2.18. The summed E-state index contributed by atoms with van der Waals surface area (Å²) in [7, 11) is -2.98. The molecule has 0 saturated heterocycles. The highest BCUT2D eigenvalue weighted by molar-refractivity contribution is 7.92. The average molecular weight is 299 g/mol. The number of aromatic amines is 1. The van der Waals surface area contributed by atoms with E-state index in [-0.39, 0.29) is 5.69 Å². The number of carbonyl (C=O) groups is 1. The number of aromatic nitrogens is 2. The standard InChI is InChI=1S/C11H10FN3O4S/c1-15(8-4-2-3-7(12)5-8)20(18,19)10-9(11(16)17)6-13-14-10/h2-6H,1H3,(H,13,14)(H,16,17). The molecule has 0 atom stereocenters. The van der Waals surface area contributed by atoms with Crippen molar-refractivity contribution >= 4 is 21.7 Å². The number of H-pyrrole nitrogens is 1. The number of hydrogen-bond acceptors (Lipinski definition) is 4. The topological polar surface area (TPSA) is 103 Å². The smallest absolute Gasteiger partial charge is 0.340 e. The van der Waals surface area contributed by atoms with Gasteiger partial charge in [0.05, 0.1) is 11.9 Å². The molecule has 0 radical (unpaired) electrons. The minimum absolute atomic E-state index is 0.0657. The largest absolute Gasteiger partial charge is 0.478 e. The highest BCUT2D eigenvalue weighted by atomic mass is 32.2. The van der Waals surface area contributed by atoms with Gasteiger partial charge in [0.25, 0.3) is 10.0 Å². The van der Waals surface area contributed by atoms with Crippen LogP contribution in [0, 0.1) is 5.82 Å². The summed E-state index contributed by atoms with van der Waals surface area (Å²) < 4.78 is 38.5. The minimum Gasteiger partial charge on any atom is -0.478 e. The second-order valence-electron chi connectivity index (χ2n) is 3.87. The number of nitrogens with one attached hydrogen (secondary N) is 1. The van der Waals surface area contributed by atoms with Crippen molar-refractivity contribution in [2.24, 2.45) is 0 Å². The van der Waals surface area contributed by atoms with Crippen molar-refractivity contribution in [3.05, 3.63) is 41.8 Å². The van der Waals surface area contributed by atoms with Crippen LogP contribution in [0.25, 0.3) is 0 Å². The summed E-state index contributed by atoms with van der Waals surface area (Å²) in [6, 6.07) is 4.93. The first-order valence-electron chi connectivity index (χ1n) is 5.35. The van der Waals surface area contributed by atoms with Crippen LogP contribution in [-0.4, -0.2) is 36.7 Å². The monoisotopic (exact) mass is 299 g/mol. The van der Waals surface area contributed by atoms with Crippen LogP contribution < -0.4 is 4.31 Å². The first-order valence-corrected chi connectivity index (χ1v) is 6.79. The van der Waals surface area contributed by atoms with Gasteiger partial charge in [-0.1, -0.05) is 6.07 Å². The Morgan fingerprint density at radius 3 is 2.75 bits per heavy atom. The van der Waals surface area contributed by atoms with Gasteiger partial charge in [-0.25, -0.2) is 9.18 Å². The maximum Gasteiger partial charge on any atom is 0.340 e. The van der Waals surface area contributed by atoms with Crippen molar-refractivity contribution in [3.8, 4) is 0 Å².